The van der Waals surface area contributed by atoms with E-state index in [4.69, 9.17) is 4.74 Å². The van der Waals surface area contributed by atoms with Gasteiger partial charge in [-0.25, -0.2) is 0 Å². The molecule has 0 bridgehead atoms. The first kappa shape index (κ1) is 15.3. The van der Waals surface area contributed by atoms with Crippen LogP contribution in [0.2, 0.25) is 0 Å². The average molecular weight is 276 g/mol. The molecule has 20 heavy (non-hydrogen) atoms. The van der Waals surface area contributed by atoms with Gasteiger partial charge in [-0.05, 0) is 31.4 Å². The fourth-order valence-electron chi connectivity index (χ4n) is 3.03. The van der Waals surface area contributed by atoms with Crippen LogP contribution in [0.4, 0.5) is 5.69 Å². The van der Waals surface area contributed by atoms with Gasteiger partial charge >= 0.3 is 0 Å². The molecule has 1 atom stereocenters. The van der Waals surface area contributed by atoms with Gasteiger partial charge < -0.3 is 15.0 Å². The minimum Gasteiger partial charge on any atom is -0.380 e. The number of nitrogens with zero attached hydrogens (tertiary/aromatic N) is 1. The minimum atomic E-state index is 0.201. The van der Waals surface area contributed by atoms with Crippen LogP contribution >= 0.6 is 0 Å². The van der Waals surface area contributed by atoms with Crippen molar-refractivity contribution in [1.29, 1.82) is 0 Å². The van der Waals surface area contributed by atoms with Crippen LogP contribution in [0.25, 0.3) is 0 Å². The molecule has 0 saturated carbocycles. The molecule has 0 fully saturated rings. The number of hydrogen-bond acceptors (Lipinski definition) is 3. The van der Waals surface area contributed by atoms with Crippen molar-refractivity contribution in [2.45, 2.75) is 51.8 Å². The number of hydrogen-bond donors (Lipinski definition) is 1. The predicted molar refractivity (Wildman–Crippen MR) is 85.3 cm³/mol. The third-order valence-corrected chi connectivity index (χ3v) is 4.71. The lowest BCUT2D eigenvalue weighted by atomic mass is 9.92. The Balaban J connectivity index is 2.32. The monoisotopic (exact) mass is 276 g/mol. The summed E-state index contributed by atoms with van der Waals surface area (Å²) in [6, 6.07) is 8.73. The standard InChI is InChI=1S/C17H28N2O/c1-5-17(6-2)13-19(12-14(3)20-4)16-10-8-7-9-15(16)11-18-17/h7-10,14,18H,5-6,11-13H2,1-4H3. The van der Waals surface area contributed by atoms with Crippen LogP contribution in [0.5, 0.6) is 0 Å². The van der Waals surface area contributed by atoms with E-state index in [1.807, 2.05) is 0 Å². The van der Waals surface area contributed by atoms with Gasteiger partial charge in [0.1, 0.15) is 0 Å². The Kier molecular flexibility index (Phi) is 5.06. The molecule has 112 valence electrons. The summed E-state index contributed by atoms with van der Waals surface area (Å²) in [5.41, 5.74) is 2.94. The lowest BCUT2D eigenvalue weighted by molar-refractivity contribution is 0.121. The van der Waals surface area contributed by atoms with Crippen LogP contribution < -0.4 is 10.2 Å². The highest BCUT2D eigenvalue weighted by atomic mass is 16.5. The number of nitrogens with one attached hydrogen (secondary N) is 1. The van der Waals surface area contributed by atoms with Crippen molar-refractivity contribution in [3.63, 3.8) is 0 Å². The van der Waals surface area contributed by atoms with Crippen molar-refractivity contribution < 1.29 is 4.74 Å². The van der Waals surface area contributed by atoms with Crippen molar-refractivity contribution in [3.8, 4) is 0 Å². The Labute approximate surface area is 123 Å². The van der Waals surface area contributed by atoms with Crippen LogP contribution in [0.1, 0.15) is 39.2 Å². The molecule has 1 aromatic carbocycles. The zero-order chi connectivity index (χ0) is 14.6. The first-order valence-electron chi connectivity index (χ1n) is 7.74. The summed E-state index contributed by atoms with van der Waals surface area (Å²) in [5, 5.41) is 3.79. The summed E-state index contributed by atoms with van der Waals surface area (Å²) in [6.07, 6.45) is 2.54. The van der Waals surface area contributed by atoms with Crippen LogP contribution in [0, 0.1) is 0 Å². The topological polar surface area (TPSA) is 24.5 Å². The van der Waals surface area contributed by atoms with Gasteiger partial charge in [-0.1, -0.05) is 32.0 Å². The molecule has 1 N–H and O–H groups in total. The van der Waals surface area contributed by atoms with Crippen molar-refractivity contribution in [3.05, 3.63) is 29.8 Å². The zero-order valence-corrected chi connectivity index (χ0v) is 13.3. The molecule has 3 heteroatoms. The lowest BCUT2D eigenvalue weighted by Crippen LogP contribution is -2.52. The fraction of sp³-hybridized carbons (Fsp3) is 0.647. The number of anilines is 1. The van der Waals surface area contributed by atoms with E-state index >= 15 is 0 Å². The second-order valence-corrected chi connectivity index (χ2v) is 5.90. The van der Waals surface area contributed by atoms with E-state index in [0.29, 0.717) is 0 Å². The van der Waals surface area contributed by atoms with Crippen LogP contribution in [0.15, 0.2) is 24.3 Å². The zero-order valence-electron chi connectivity index (χ0n) is 13.3. The van der Waals surface area contributed by atoms with E-state index in [0.717, 1.165) is 32.5 Å². The van der Waals surface area contributed by atoms with Gasteiger partial charge in [0, 0.05) is 38.0 Å². The van der Waals surface area contributed by atoms with Crippen molar-refractivity contribution >= 4 is 5.69 Å². The van der Waals surface area contributed by atoms with Crippen molar-refractivity contribution in [1.82, 2.24) is 5.32 Å². The molecule has 2 rings (SSSR count). The van der Waals surface area contributed by atoms with Gasteiger partial charge in [0.15, 0.2) is 0 Å². The smallest absolute Gasteiger partial charge is 0.0718 e. The maximum Gasteiger partial charge on any atom is 0.0718 e. The quantitative estimate of drug-likeness (QED) is 0.894. The lowest BCUT2D eigenvalue weighted by Gasteiger charge is -2.37. The third-order valence-electron chi connectivity index (χ3n) is 4.71. The number of ether oxygens (including phenoxy) is 1. The second kappa shape index (κ2) is 6.59. The Morgan fingerprint density at radius 3 is 2.65 bits per heavy atom. The summed E-state index contributed by atoms with van der Waals surface area (Å²) < 4.78 is 5.48. The van der Waals surface area contributed by atoms with Crippen molar-refractivity contribution in [2.75, 3.05) is 25.1 Å². The summed E-state index contributed by atoms with van der Waals surface area (Å²) in [5.74, 6) is 0. The number of para-hydroxylation sites is 1. The Morgan fingerprint density at radius 2 is 2.00 bits per heavy atom. The van der Waals surface area contributed by atoms with E-state index in [-0.39, 0.29) is 11.6 Å². The number of benzene rings is 1. The summed E-state index contributed by atoms with van der Waals surface area (Å²) in [6.45, 7) is 9.65. The molecular formula is C17H28N2O. The minimum absolute atomic E-state index is 0.201. The third kappa shape index (κ3) is 3.15. The molecule has 0 spiro atoms. The maximum absolute atomic E-state index is 5.48. The van der Waals surface area contributed by atoms with Gasteiger partial charge in [0.25, 0.3) is 0 Å². The Morgan fingerprint density at radius 1 is 1.30 bits per heavy atom. The summed E-state index contributed by atoms with van der Waals surface area (Å²) >= 11 is 0. The predicted octanol–water partition coefficient (Wildman–Crippen LogP) is 3.19. The van der Waals surface area contributed by atoms with Gasteiger partial charge in [-0.15, -0.1) is 0 Å². The van der Waals surface area contributed by atoms with Crippen LogP contribution in [-0.2, 0) is 11.3 Å². The van der Waals surface area contributed by atoms with Gasteiger partial charge in [0.05, 0.1) is 6.10 Å². The Hall–Kier alpha value is -1.06. The largest absolute Gasteiger partial charge is 0.380 e. The van der Waals surface area contributed by atoms with Gasteiger partial charge in [0.2, 0.25) is 0 Å². The summed E-state index contributed by atoms with van der Waals surface area (Å²) in [7, 11) is 1.79. The van der Waals surface area contributed by atoms with Gasteiger partial charge in [-0.2, -0.15) is 0 Å². The Bertz CT molecular complexity index is 429. The van der Waals surface area contributed by atoms with E-state index in [1.54, 1.807) is 7.11 Å². The molecule has 0 saturated heterocycles. The molecule has 0 amide bonds. The van der Waals surface area contributed by atoms with E-state index in [2.05, 4.69) is 55.3 Å². The molecule has 1 aromatic rings. The highest BCUT2D eigenvalue weighted by molar-refractivity contribution is 5.55. The molecule has 1 heterocycles. The second-order valence-electron chi connectivity index (χ2n) is 5.90. The molecule has 3 nitrogen and oxygen atoms in total. The molecular weight excluding hydrogens is 248 g/mol. The van der Waals surface area contributed by atoms with E-state index < -0.39 is 0 Å². The molecule has 0 radical (unpaired) electrons. The number of fused-ring (bicyclic) bond motifs is 1. The normalized spacial score (nSPS) is 19.3. The summed E-state index contributed by atoms with van der Waals surface area (Å²) in [4.78, 5) is 2.50. The number of methoxy groups -OCH3 is 1. The highest BCUT2D eigenvalue weighted by Crippen LogP contribution is 2.29. The molecule has 0 aliphatic carbocycles. The van der Waals surface area contributed by atoms with Crippen LogP contribution in [-0.4, -0.2) is 31.8 Å². The maximum atomic E-state index is 5.48. The van der Waals surface area contributed by atoms with Crippen LogP contribution in [0.3, 0.4) is 0 Å². The van der Waals surface area contributed by atoms with Crippen molar-refractivity contribution in [2.24, 2.45) is 0 Å². The highest BCUT2D eigenvalue weighted by Gasteiger charge is 2.32. The number of rotatable bonds is 5. The molecule has 1 aliphatic rings. The molecule has 1 unspecified atom stereocenters. The van der Waals surface area contributed by atoms with E-state index in [1.165, 1.54) is 11.3 Å². The van der Waals surface area contributed by atoms with Gasteiger partial charge in [-0.3, -0.25) is 0 Å². The SMILES string of the molecule is CCC1(CC)CN(CC(C)OC)c2ccccc2CN1. The average Bonchev–Trinajstić information content (AvgIpc) is 2.65. The molecule has 1 aliphatic heterocycles. The molecule has 0 aromatic heterocycles. The van der Waals surface area contributed by atoms with E-state index in [9.17, 15) is 0 Å². The fourth-order valence-corrected chi connectivity index (χ4v) is 3.03. The first-order valence-corrected chi connectivity index (χ1v) is 7.74. The first-order chi connectivity index (χ1) is 9.64.